The SMILES string of the molecule is COC(=O)Cc1cc(CN)c(C#N)cc1OC. The van der Waals surface area contributed by atoms with Crippen LogP contribution in [-0.2, 0) is 22.5 Å². The average molecular weight is 234 g/mol. The number of rotatable bonds is 4. The lowest BCUT2D eigenvalue weighted by atomic mass is 10.0. The summed E-state index contributed by atoms with van der Waals surface area (Å²) < 4.78 is 9.73. The zero-order valence-electron chi connectivity index (χ0n) is 9.82. The molecule has 5 nitrogen and oxygen atoms in total. The maximum Gasteiger partial charge on any atom is 0.310 e. The molecule has 0 amide bonds. The van der Waals surface area contributed by atoms with E-state index in [4.69, 9.17) is 15.7 Å². The topological polar surface area (TPSA) is 85.3 Å². The summed E-state index contributed by atoms with van der Waals surface area (Å²) in [6.07, 6.45) is 0.0956. The number of hydrogen-bond donors (Lipinski definition) is 1. The van der Waals surface area contributed by atoms with E-state index in [2.05, 4.69) is 4.74 Å². The molecule has 0 saturated carbocycles. The number of carbonyl (C=O) groups is 1. The molecule has 0 aromatic heterocycles. The van der Waals surface area contributed by atoms with E-state index in [0.717, 1.165) is 0 Å². The van der Waals surface area contributed by atoms with Gasteiger partial charge in [-0.05, 0) is 17.7 Å². The fourth-order valence-corrected chi connectivity index (χ4v) is 1.50. The van der Waals surface area contributed by atoms with E-state index in [0.29, 0.717) is 22.4 Å². The third-order valence-corrected chi connectivity index (χ3v) is 2.41. The highest BCUT2D eigenvalue weighted by Crippen LogP contribution is 2.24. The van der Waals surface area contributed by atoms with Crippen LogP contribution in [0.2, 0.25) is 0 Å². The van der Waals surface area contributed by atoms with Gasteiger partial charge in [0.25, 0.3) is 0 Å². The standard InChI is InChI=1S/C12H14N2O3/c1-16-11-4-10(7-14)9(6-13)3-8(11)5-12(15)17-2/h3-4H,5-6,13H2,1-2H3. The minimum Gasteiger partial charge on any atom is -0.496 e. The molecule has 0 bridgehead atoms. The minimum absolute atomic E-state index is 0.0956. The molecule has 0 radical (unpaired) electrons. The van der Waals surface area contributed by atoms with Gasteiger partial charge < -0.3 is 15.2 Å². The van der Waals surface area contributed by atoms with Crippen molar-refractivity contribution in [2.24, 2.45) is 5.73 Å². The molecule has 0 heterocycles. The predicted octanol–water partition coefficient (Wildman–Crippen LogP) is 0.741. The fraction of sp³-hybridized carbons (Fsp3) is 0.333. The molecular weight excluding hydrogens is 220 g/mol. The van der Waals surface area contributed by atoms with Gasteiger partial charge in [0.2, 0.25) is 0 Å². The maximum absolute atomic E-state index is 11.2. The van der Waals surface area contributed by atoms with Gasteiger partial charge in [0.1, 0.15) is 5.75 Å². The second-order valence-electron chi connectivity index (χ2n) is 3.39. The smallest absolute Gasteiger partial charge is 0.310 e. The highest BCUT2D eigenvalue weighted by Gasteiger charge is 2.13. The minimum atomic E-state index is -0.365. The lowest BCUT2D eigenvalue weighted by molar-refractivity contribution is -0.139. The average Bonchev–Trinajstić information content (AvgIpc) is 2.37. The third kappa shape index (κ3) is 2.95. The van der Waals surface area contributed by atoms with Crippen molar-refractivity contribution in [2.75, 3.05) is 14.2 Å². The number of hydrogen-bond acceptors (Lipinski definition) is 5. The van der Waals surface area contributed by atoms with Crippen LogP contribution in [0.15, 0.2) is 12.1 Å². The van der Waals surface area contributed by atoms with Crippen molar-refractivity contribution < 1.29 is 14.3 Å². The predicted molar refractivity (Wildman–Crippen MR) is 61.3 cm³/mol. The summed E-state index contributed by atoms with van der Waals surface area (Å²) in [6.45, 7) is 0.237. The van der Waals surface area contributed by atoms with Crippen LogP contribution in [0.3, 0.4) is 0 Å². The molecule has 1 rings (SSSR count). The van der Waals surface area contributed by atoms with Crippen molar-refractivity contribution in [3.8, 4) is 11.8 Å². The number of nitrogens with zero attached hydrogens (tertiary/aromatic N) is 1. The van der Waals surface area contributed by atoms with Crippen molar-refractivity contribution in [1.82, 2.24) is 0 Å². The van der Waals surface area contributed by atoms with Gasteiger partial charge in [-0.25, -0.2) is 0 Å². The molecule has 0 aliphatic rings. The molecule has 5 heteroatoms. The van der Waals surface area contributed by atoms with Crippen LogP contribution in [0, 0.1) is 11.3 Å². The largest absolute Gasteiger partial charge is 0.496 e. The van der Waals surface area contributed by atoms with E-state index in [1.807, 2.05) is 6.07 Å². The third-order valence-electron chi connectivity index (χ3n) is 2.41. The molecule has 0 saturated heterocycles. The van der Waals surface area contributed by atoms with E-state index in [9.17, 15) is 4.79 Å². The Morgan fingerprint density at radius 2 is 2.12 bits per heavy atom. The number of benzene rings is 1. The van der Waals surface area contributed by atoms with Crippen LogP contribution in [0.4, 0.5) is 0 Å². The first-order valence-corrected chi connectivity index (χ1v) is 5.03. The van der Waals surface area contributed by atoms with Gasteiger partial charge >= 0.3 is 5.97 Å². The molecular formula is C12H14N2O3. The Bertz CT molecular complexity index is 464. The van der Waals surface area contributed by atoms with Crippen molar-refractivity contribution in [3.63, 3.8) is 0 Å². The summed E-state index contributed by atoms with van der Waals surface area (Å²) in [5, 5.41) is 8.94. The molecule has 0 atom stereocenters. The molecule has 0 fully saturated rings. The highest BCUT2D eigenvalue weighted by molar-refractivity contribution is 5.73. The van der Waals surface area contributed by atoms with Gasteiger partial charge in [0.05, 0.1) is 32.3 Å². The lowest BCUT2D eigenvalue weighted by Crippen LogP contribution is -2.08. The fourth-order valence-electron chi connectivity index (χ4n) is 1.50. The Kier molecular flexibility index (Phi) is 4.49. The van der Waals surface area contributed by atoms with Gasteiger partial charge in [0.15, 0.2) is 0 Å². The Balaban J connectivity index is 3.20. The van der Waals surface area contributed by atoms with Gasteiger partial charge in [-0.1, -0.05) is 0 Å². The van der Waals surface area contributed by atoms with Gasteiger partial charge in [-0.2, -0.15) is 5.26 Å². The summed E-state index contributed by atoms with van der Waals surface area (Å²) in [7, 11) is 2.81. The van der Waals surface area contributed by atoms with Crippen molar-refractivity contribution in [1.29, 1.82) is 5.26 Å². The second kappa shape index (κ2) is 5.87. The Labute approximate surface area is 99.7 Å². The van der Waals surface area contributed by atoms with E-state index in [1.165, 1.54) is 14.2 Å². The van der Waals surface area contributed by atoms with E-state index >= 15 is 0 Å². The zero-order valence-corrected chi connectivity index (χ0v) is 9.82. The first-order valence-electron chi connectivity index (χ1n) is 5.03. The maximum atomic E-state index is 11.2. The number of nitrogens with two attached hydrogens (primary N) is 1. The second-order valence-corrected chi connectivity index (χ2v) is 3.39. The van der Waals surface area contributed by atoms with Crippen LogP contribution in [-0.4, -0.2) is 20.2 Å². The number of ether oxygens (including phenoxy) is 2. The van der Waals surface area contributed by atoms with Crippen LogP contribution in [0.5, 0.6) is 5.75 Å². The molecule has 90 valence electrons. The van der Waals surface area contributed by atoms with Gasteiger partial charge in [0, 0.05) is 12.1 Å². The Morgan fingerprint density at radius 1 is 1.41 bits per heavy atom. The summed E-state index contributed by atoms with van der Waals surface area (Å²) in [4.78, 5) is 11.2. The number of methoxy groups -OCH3 is 2. The quantitative estimate of drug-likeness (QED) is 0.776. The summed E-state index contributed by atoms with van der Waals surface area (Å²) in [6, 6.07) is 5.33. The highest BCUT2D eigenvalue weighted by atomic mass is 16.5. The zero-order chi connectivity index (χ0) is 12.8. The molecule has 1 aromatic rings. The molecule has 0 aliphatic carbocycles. The monoisotopic (exact) mass is 234 g/mol. The first-order chi connectivity index (χ1) is 8.15. The molecule has 17 heavy (non-hydrogen) atoms. The summed E-state index contributed by atoms with van der Waals surface area (Å²) >= 11 is 0. The molecule has 0 unspecified atom stereocenters. The Morgan fingerprint density at radius 3 is 2.59 bits per heavy atom. The summed E-state index contributed by atoms with van der Waals surface area (Å²) in [5.74, 6) is 0.125. The van der Waals surface area contributed by atoms with Crippen molar-refractivity contribution in [2.45, 2.75) is 13.0 Å². The normalized spacial score (nSPS) is 9.53. The summed E-state index contributed by atoms with van der Waals surface area (Å²) in [5.41, 5.74) is 7.35. The van der Waals surface area contributed by atoms with Crippen molar-refractivity contribution in [3.05, 3.63) is 28.8 Å². The van der Waals surface area contributed by atoms with Crippen LogP contribution in [0.1, 0.15) is 16.7 Å². The molecule has 0 spiro atoms. The van der Waals surface area contributed by atoms with Crippen LogP contribution < -0.4 is 10.5 Å². The van der Waals surface area contributed by atoms with E-state index in [1.54, 1.807) is 12.1 Å². The number of nitriles is 1. The van der Waals surface area contributed by atoms with Gasteiger partial charge in [-0.3, -0.25) is 4.79 Å². The molecule has 2 N–H and O–H groups in total. The van der Waals surface area contributed by atoms with Crippen LogP contribution >= 0.6 is 0 Å². The van der Waals surface area contributed by atoms with Crippen LogP contribution in [0.25, 0.3) is 0 Å². The van der Waals surface area contributed by atoms with E-state index in [-0.39, 0.29) is 18.9 Å². The van der Waals surface area contributed by atoms with E-state index < -0.39 is 0 Å². The molecule has 1 aromatic carbocycles. The van der Waals surface area contributed by atoms with Crippen molar-refractivity contribution >= 4 is 5.97 Å². The molecule has 0 aliphatic heterocycles. The lowest BCUT2D eigenvalue weighted by Gasteiger charge is -2.10. The number of carbonyl (C=O) groups excluding carboxylic acids is 1. The van der Waals surface area contributed by atoms with Gasteiger partial charge in [-0.15, -0.1) is 0 Å². The first kappa shape index (κ1) is 13.0. The Hall–Kier alpha value is -2.06. The number of esters is 1.